The maximum absolute atomic E-state index is 13.3. The maximum atomic E-state index is 13.3. The second-order valence-corrected chi connectivity index (χ2v) is 9.11. The standard InChI is InChI=1S/C23H16BrN3O2S/c1-16-6-8-18-5-3-13-26-22(18)23(16)30(28,29)27-21-11-10-20(24)14-19(21)9-7-17-4-2-12-25-15-17/h2-6,8,10-15,27H,1H3. The van der Waals surface area contributed by atoms with Gasteiger partial charge in [0.05, 0.1) is 16.8 Å². The van der Waals surface area contributed by atoms with Gasteiger partial charge in [0.1, 0.15) is 4.90 Å². The van der Waals surface area contributed by atoms with E-state index in [0.29, 0.717) is 22.3 Å². The second kappa shape index (κ2) is 8.27. The number of hydrogen-bond acceptors (Lipinski definition) is 4. The van der Waals surface area contributed by atoms with E-state index < -0.39 is 10.0 Å². The Labute approximate surface area is 183 Å². The van der Waals surface area contributed by atoms with Crippen LogP contribution < -0.4 is 4.72 Å². The largest absolute Gasteiger partial charge is 0.278 e. The summed E-state index contributed by atoms with van der Waals surface area (Å²) >= 11 is 3.42. The summed E-state index contributed by atoms with van der Waals surface area (Å²) in [4.78, 5) is 8.51. The number of rotatable bonds is 3. The molecule has 0 fully saturated rings. The summed E-state index contributed by atoms with van der Waals surface area (Å²) < 4.78 is 30.1. The molecule has 4 aromatic rings. The number of hydrogen-bond donors (Lipinski definition) is 1. The number of nitrogens with zero attached hydrogens (tertiary/aromatic N) is 2. The highest BCUT2D eigenvalue weighted by atomic mass is 79.9. The lowest BCUT2D eigenvalue weighted by Crippen LogP contribution is -2.16. The van der Waals surface area contributed by atoms with Gasteiger partial charge in [-0.15, -0.1) is 0 Å². The minimum atomic E-state index is -3.90. The van der Waals surface area contributed by atoms with Crippen LogP contribution in [0, 0.1) is 18.8 Å². The molecule has 0 aliphatic heterocycles. The number of anilines is 1. The lowest BCUT2D eigenvalue weighted by molar-refractivity contribution is 0.601. The molecule has 2 aromatic carbocycles. The van der Waals surface area contributed by atoms with Gasteiger partial charge in [-0.3, -0.25) is 14.7 Å². The summed E-state index contributed by atoms with van der Waals surface area (Å²) in [6, 6.07) is 16.1. The molecular formula is C23H16BrN3O2S. The Morgan fingerprint density at radius 3 is 2.63 bits per heavy atom. The van der Waals surface area contributed by atoms with Gasteiger partial charge in [0.2, 0.25) is 0 Å². The first-order chi connectivity index (χ1) is 14.4. The third-order valence-electron chi connectivity index (χ3n) is 4.42. The highest BCUT2D eigenvalue weighted by Crippen LogP contribution is 2.28. The predicted octanol–water partition coefficient (Wildman–Crippen LogP) is 4.90. The highest BCUT2D eigenvalue weighted by Gasteiger charge is 2.22. The molecule has 0 aliphatic carbocycles. The van der Waals surface area contributed by atoms with Crippen LogP contribution in [0.2, 0.25) is 0 Å². The number of pyridine rings is 2. The zero-order chi connectivity index (χ0) is 21.1. The topological polar surface area (TPSA) is 72.0 Å². The molecule has 2 heterocycles. The summed E-state index contributed by atoms with van der Waals surface area (Å²) in [7, 11) is -3.90. The van der Waals surface area contributed by atoms with Gasteiger partial charge in [-0.1, -0.05) is 46.0 Å². The Hall–Kier alpha value is -3.21. The van der Waals surface area contributed by atoms with Crippen LogP contribution in [0.1, 0.15) is 16.7 Å². The minimum Gasteiger partial charge on any atom is -0.278 e. The molecular weight excluding hydrogens is 462 g/mol. The van der Waals surface area contributed by atoms with Crippen LogP contribution in [-0.4, -0.2) is 18.4 Å². The van der Waals surface area contributed by atoms with Crippen molar-refractivity contribution >= 4 is 42.5 Å². The number of benzene rings is 2. The first-order valence-corrected chi connectivity index (χ1v) is 11.3. The summed E-state index contributed by atoms with van der Waals surface area (Å²) in [5, 5.41) is 0.760. The molecule has 0 amide bonds. The molecule has 0 radical (unpaired) electrons. The van der Waals surface area contributed by atoms with E-state index in [-0.39, 0.29) is 4.90 Å². The van der Waals surface area contributed by atoms with Crippen molar-refractivity contribution in [3.05, 3.63) is 94.4 Å². The van der Waals surface area contributed by atoms with Crippen molar-refractivity contribution in [1.82, 2.24) is 9.97 Å². The third-order valence-corrected chi connectivity index (χ3v) is 6.46. The van der Waals surface area contributed by atoms with Crippen molar-refractivity contribution in [2.45, 2.75) is 11.8 Å². The van der Waals surface area contributed by atoms with Crippen LogP contribution in [0.5, 0.6) is 0 Å². The molecule has 2 aromatic heterocycles. The van der Waals surface area contributed by atoms with Crippen LogP contribution in [0.15, 0.2) is 82.6 Å². The van der Waals surface area contributed by atoms with Gasteiger partial charge in [-0.25, -0.2) is 8.42 Å². The van der Waals surface area contributed by atoms with E-state index in [1.165, 1.54) is 0 Å². The molecule has 7 heteroatoms. The summed E-state index contributed by atoms with van der Waals surface area (Å²) in [6.45, 7) is 1.76. The van der Waals surface area contributed by atoms with Gasteiger partial charge in [0.15, 0.2) is 0 Å². The van der Waals surface area contributed by atoms with E-state index in [2.05, 4.69) is 42.5 Å². The second-order valence-electron chi connectivity index (χ2n) is 6.57. The van der Waals surface area contributed by atoms with Crippen LogP contribution >= 0.6 is 15.9 Å². The third kappa shape index (κ3) is 4.20. The first-order valence-electron chi connectivity index (χ1n) is 9.03. The number of nitrogens with one attached hydrogen (secondary N) is 1. The minimum absolute atomic E-state index is 0.162. The fraction of sp³-hybridized carbons (Fsp3) is 0.0435. The number of fused-ring (bicyclic) bond motifs is 1. The molecule has 0 spiro atoms. The molecule has 0 saturated heterocycles. The van der Waals surface area contributed by atoms with Crippen molar-refractivity contribution in [1.29, 1.82) is 0 Å². The van der Waals surface area contributed by atoms with E-state index in [4.69, 9.17) is 0 Å². The van der Waals surface area contributed by atoms with Gasteiger partial charge in [0.25, 0.3) is 10.0 Å². The van der Waals surface area contributed by atoms with E-state index >= 15 is 0 Å². The Balaban J connectivity index is 1.79. The Morgan fingerprint density at radius 2 is 1.83 bits per heavy atom. The van der Waals surface area contributed by atoms with Gasteiger partial charge < -0.3 is 0 Å². The molecule has 1 N–H and O–H groups in total. The fourth-order valence-corrected chi connectivity index (χ4v) is 4.89. The molecule has 30 heavy (non-hydrogen) atoms. The number of halogens is 1. The normalized spacial score (nSPS) is 11.0. The van der Waals surface area contributed by atoms with Crippen LogP contribution in [0.4, 0.5) is 5.69 Å². The first kappa shape index (κ1) is 20.1. The van der Waals surface area contributed by atoms with E-state index in [1.807, 2.05) is 18.2 Å². The Bertz CT molecular complexity index is 1410. The molecule has 0 bridgehead atoms. The van der Waals surface area contributed by atoms with Crippen molar-refractivity contribution < 1.29 is 8.42 Å². The Morgan fingerprint density at radius 1 is 1.00 bits per heavy atom. The number of aromatic nitrogens is 2. The summed E-state index contributed by atoms with van der Waals surface area (Å²) in [5.74, 6) is 6.05. The predicted molar refractivity (Wildman–Crippen MR) is 122 cm³/mol. The zero-order valence-electron chi connectivity index (χ0n) is 15.9. The smallest absolute Gasteiger partial charge is 0.264 e. The lowest BCUT2D eigenvalue weighted by atomic mass is 10.1. The van der Waals surface area contributed by atoms with Gasteiger partial charge >= 0.3 is 0 Å². The molecule has 0 aliphatic rings. The zero-order valence-corrected chi connectivity index (χ0v) is 18.3. The molecule has 0 atom stereocenters. The summed E-state index contributed by atoms with van der Waals surface area (Å²) in [5.41, 5.74) is 2.73. The average Bonchev–Trinajstić information content (AvgIpc) is 2.74. The van der Waals surface area contributed by atoms with Crippen molar-refractivity contribution in [2.75, 3.05) is 4.72 Å². The maximum Gasteiger partial charge on any atom is 0.264 e. The van der Waals surface area contributed by atoms with Gasteiger partial charge in [0, 0.05) is 34.0 Å². The van der Waals surface area contributed by atoms with Gasteiger partial charge in [-0.2, -0.15) is 0 Å². The van der Waals surface area contributed by atoms with E-state index in [1.54, 1.807) is 61.9 Å². The molecule has 4 rings (SSSR count). The summed E-state index contributed by atoms with van der Waals surface area (Å²) in [6.07, 6.45) is 4.91. The molecule has 0 unspecified atom stereocenters. The molecule has 0 saturated carbocycles. The van der Waals surface area contributed by atoms with E-state index in [0.717, 1.165) is 15.4 Å². The van der Waals surface area contributed by atoms with Crippen molar-refractivity contribution in [2.24, 2.45) is 0 Å². The lowest BCUT2D eigenvalue weighted by Gasteiger charge is -2.14. The molecule has 148 valence electrons. The quantitative estimate of drug-likeness (QED) is 0.425. The van der Waals surface area contributed by atoms with Gasteiger partial charge in [-0.05, 0) is 48.9 Å². The number of sulfonamides is 1. The van der Waals surface area contributed by atoms with E-state index in [9.17, 15) is 8.42 Å². The van der Waals surface area contributed by atoms with Crippen molar-refractivity contribution in [3.63, 3.8) is 0 Å². The monoisotopic (exact) mass is 477 g/mol. The van der Waals surface area contributed by atoms with Crippen molar-refractivity contribution in [3.8, 4) is 11.8 Å². The van der Waals surface area contributed by atoms with Crippen LogP contribution in [0.25, 0.3) is 10.9 Å². The SMILES string of the molecule is Cc1ccc2cccnc2c1S(=O)(=O)Nc1ccc(Br)cc1C#Cc1cccnc1. The average molecular weight is 478 g/mol. The molecule has 5 nitrogen and oxygen atoms in total. The highest BCUT2D eigenvalue weighted by molar-refractivity contribution is 9.10. The Kier molecular flexibility index (Phi) is 5.53. The number of aryl methyl sites for hydroxylation is 1. The van der Waals surface area contributed by atoms with Crippen LogP contribution in [-0.2, 0) is 10.0 Å². The van der Waals surface area contributed by atoms with Crippen LogP contribution in [0.3, 0.4) is 0 Å². The fourth-order valence-electron chi connectivity index (χ4n) is 3.04.